The summed E-state index contributed by atoms with van der Waals surface area (Å²) in [6.45, 7) is 5.61. The first-order chi connectivity index (χ1) is 15.5. The Morgan fingerprint density at radius 2 is 1.48 bits per heavy atom. The van der Waals surface area contributed by atoms with Crippen molar-refractivity contribution in [1.29, 1.82) is 0 Å². The highest BCUT2D eigenvalue weighted by atomic mass is 19.4. The molecule has 0 radical (unpaired) electrons. The van der Waals surface area contributed by atoms with Gasteiger partial charge in [0.2, 0.25) is 0 Å². The predicted octanol–water partition coefficient (Wildman–Crippen LogP) is 4.28. The van der Waals surface area contributed by atoms with Gasteiger partial charge in [-0.15, -0.1) is 0 Å². The van der Waals surface area contributed by atoms with E-state index < -0.39 is 11.9 Å². The van der Waals surface area contributed by atoms with Crippen molar-refractivity contribution in [3.8, 4) is 28.5 Å². The Morgan fingerprint density at radius 3 is 2.00 bits per heavy atom. The van der Waals surface area contributed by atoms with Gasteiger partial charge < -0.3 is 0 Å². The minimum Gasteiger partial charge on any atom is -0.275 e. The Balaban J connectivity index is 1.80. The topological polar surface area (TPSA) is 79.2 Å². The van der Waals surface area contributed by atoms with Gasteiger partial charge in [-0.2, -0.15) is 33.1 Å². The normalized spacial score (nSPS) is 14.3. The third-order valence-electron chi connectivity index (χ3n) is 5.87. The summed E-state index contributed by atoms with van der Waals surface area (Å²) < 4.78 is 45.9. The zero-order chi connectivity index (χ0) is 23.7. The van der Waals surface area contributed by atoms with Crippen molar-refractivity contribution in [3.05, 3.63) is 46.8 Å². The van der Waals surface area contributed by atoms with Gasteiger partial charge >= 0.3 is 6.18 Å². The maximum atomic E-state index is 13.7. The molecule has 0 unspecified atom stereocenters. The third kappa shape index (κ3) is 3.70. The number of halogens is 3. The number of aromatic nitrogens is 8. The van der Waals surface area contributed by atoms with Crippen molar-refractivity contribution in [1.82, 2.24) is 39.3 Å². The second-order valence-electron chi connectivity index (χ2n) is 8.59. The Labute approximate surface area is 188 Å². The van der Waals surface area contributed by atoms with Gasteiger partial charge in [0, 0.05) is 54.8 Å². The fourth-order valence-corrected chi connectivity index (χ4v) is 4.16. The molecule has 8 nitrogen and oxygen atoms in total. The van der Waals surface area contributed by atoms with E-state index in [4.69, 9.17) is 5.10 Å². The fraction of sp³-hybridized carbons (Fsp3) is 0.409. The van der Waals surface area contributed by atoms with Crippen LogP contribution >= 0.6 is 0 Å². The van der Waals surface area contributed by atoms with E-state index in [1.54, 1.807) is 16.4 Å². The van der Waals surface area contributed by atoms with Crippen molar-refractivity contribution in [2.45, 2.75) is 45.7 Å². The molecule has 0 spiro atoms. The molecular formula is C22H23F3N8. The van der Waals surface area contributed by atoms with Crippen LogP contribution in [0.5, 0.6) is 0 Å². The number of nitrogens with zero attached hydrogens (tertiary/aromatic N) is 8. The summed E-state index contributed by atoms with van der Waals surface area (Å²) in [5, 5.41) is 13.5. The van der Waals surface area contributed by atoms with Crippen molar-refractivity contribution in [2.24, 2.45) is 14.1 Å². The van der Waals surface area contributed by atoms with E-state index in [0.29, 0.717) is 17.1 Å². The first-order valence-corrected chi connectivity index (χ1v) is 10.6. The first-order valence-electron chi connectivity index (χ1n) is 10.6. The summed E-state index contributed by atoms with van der Waals surface area (Å²) in [7, 11) is 3.61. The zero-order valence-electron chi connectivity index (χ0n) is 18.9. The molecule has 0 N–H and O–H groups in total. The maximum Gasteiger partial charge on any atom is 0.433 e. The SMILES string of the molecule is Cc1nn(C)cc1-c1nn(-c2nc(C3CC3)cc(C(F)(F)F)n2)c(-c2cn(C)nc2C)c1C. The van der Waals surface area contributed by atoms with Crippen LogP contribution in [0.1, 0.15) is 47.1 Å². The second kappa shape index (κ2) is 7.26. The molecule has 4 aromatic rings. The number of rotatable bonds is 4. The molecule has 172 valence electrons. The zero-order valence-corrected chi connectivity index (χ0v) is 18.9. The molecule has 0 aliphatic heterocycles. The Hall–Kier alpha value is -3.50. The average molecular weight is 456 g/mol. The maximum absolute atomic E-state index is 13.7. The highest BCUT2D eigenvalue weighted by molar-refractivity contribution is 5.76. The fourth-order valence-electron chi connectivity index (χ4n) is 4.16. The largest absolute Gasteiger partial charge is 0.433 e. The molecule has 0 bridgehead atoms. The number of hydrogen-bond donors (Lipinski definition) is 0. The van der Waals surface area contributed by atoms with E-state index in [2.05, 4.69) is 20.2 Å². The standard InChI is InChI=1S/C22H23F3N8/c1-11-19(15-9-31(4)28-12(15)2)30-33(20(11)16-10-32(5)29-13(16)3)21-26-17(14-6-7-14)8-18(27-21)22(23,24)25/h8-10,14H,6-7H2,1-5H3. The van der Waals surface area contributed by atoms with Crippen molar-refractivity contribution >= 4 is 0 Å². The Bertz CT molecular complexity index is 1370. The van der Waals surface area contributed by atoms with Crippen molar-refractivity contribution < 1.29 is 13.2 Å². The second-order valence-corrected chi connectivity index (χ2v) is 8.59. The molecule has 0 amide bonds. The summed E-state index contributed by atoms with van der Waals surface area (Å²) in [5.41, 5.74) is 4.50. The quantitative estimate of drug-likeness (QED) is 0.458. The van der Waals surface area contributed by atoms with Crippen molar-refractivity contribution in [3.63, 3.8) is 0 Å². The number of aryl methyl sites for hydroxylation is 4. The van der Waals surface area contributed by atoms with Gasteiger partial charge in [0.05, 0.1) is 22.8 Å². The lowest BCUT2D eigenvalue weighted by atomic mass is 10.0. The van der Waals surface area contributed by atoms with Crippen LogP contribution in [-0.4, -0.2) is 39.3 Å². The van der Waals surface area contributed by atoms with Gasteiger partial charge in [0.25, 0.3) is 5.95 Å². The van der Waals surface area contributed by atoms with Gasteiger partial charge in [0.1, 0.15) is 5.69 Å². The molecule has 0 atom stereocenters. The summed E-state index contributed by atoms with van der Waals surface area (Å²) in [5.74, 6) is -0.0750. The van der Waals surface area contributed by atoms with Crippen LogP contribution in [0.3, 0.4) is 0 Å². The molecule has 33 heavy (non-hydrogen) atoms. The molecule has 0 aromatic carbocycles. The lowest BCUT2D eigenvalue weighted by molar-refractivity contribution is -0.141. The molecule has 4 aromatic heterocycles. The van der Waals surface area contributed by atoms with Crippen LogP contribution in [0.2, 0.25) is 0 Å². The molecule has 0 saturated heterocycles. The van der Waals surface area contributed by atoms with Gasteiger partial charge in [-0.25, -0.2) is 9.97 Å². The molecule has 1 aliphatic rings. The Morgan fingerprint density at radius 1 is 0.879 bits per heavy atom. The number of hydrogen-bond acceptors (Lipinski definition) is 5. The molecule has 1 aliphatic carbocycles. The lowest BCUT2D eigenvalue weighted by Gasteiger charge is -2.12. The van der Waals surface area contributed by atoms with Gasteiger partial charge in [-0.3, -0.25) is 9.36 Å². The third-order valence-corrected chi connectivity index (χ3v) is 5.87. The van der Waals surface area contributed by atoms with Gasteiger partial charge in [0.15, 0.2) is 0 Å². The first kappa shape index (κ1) is 21.4. The van der Waals surface area contributed by atoms with Crippen molar-refractivity contribution in [2.75, 3.05) is 0 Å². The molecular weight excluding hydrogens is 433 g/mol. The van der Waals surface area contributed by atoms with Crippen LogP contribution in [0.15, 0.2) is 18.5 Å². The molecule has 1 saturated carbocycles. The predicted molar refractivity (Wildman–Crippen MR) is 115 cm³/mol. The van der Waals surface area contributed by atoms with Gasteiger partial charge in [-0.1, -0.05) is 0 Å². The van der Waals surface area contributed by atoms with E-state index in [1.807, 2.05) is 40.2 Å². The molecule has 11 heteroatoms. The summed E-state index contributed by atoms with van der Waals surface area (Å²) >= 11 is 0. The average Bonchev–Trinajstić information content (AvgIpc) is 3.36. The van der Waals surface area contributed by atoms with Crippen LogP contribution in [0.25, 0.3) is 28.5 Å². The summed E-state index contributed by atoms with van der Waals surface area (Å²) in [4.78, 5) is 8.42. The molecule has 4 heterocycles. The van der Waals surface area contributed by atoms with Crippen LogP contribution in [0, 0.1) is 20.8 Å². The van der Waals surface area contributed by atoms with Gasteiger partial charge in [-0.05, 0) is 39.7 Å². The monoisotopic (exact) mass is 456 g/mol. The highest BCUT2D eigenvalue weighted by Crippen LogP contribution is 2.42. The Kier molecular flexibility index (Phi) is 4.69. The van der Waals surface area contributed by atoms with E-state index in [1.165, 1.54) is 4.68 Å². The minimum atomic E-state index is -4.59. The highest BCUT2D eigenvalue weighted by Gasteiger charge is 2.37. The number of alkyl halides is 3. The van der Waals surface area contributed by atoms with E-state index >= 15 is 0 Å². The van der Waals surface area contributed by atoms with E-state index in [9.17, 15) is 13.2 Å². The minimum absolute atomic E-state index is 0.0214. The van der Waals surface area contributed by atoms with E-state index in [0.717, 1.165) is 47.0 Å². The smallest absolute Gasteiger partial charge is 0.275 e. The summed E-state index contributed by atoms with van der Waals surface area (Å²) in [6, 6.07) is 1.05. The summed E-state index contributed by atoms with van der Waals surface area (Å²) in [6.07, 6.45) is 0.723. The van der Waals surface area contributed by atoms with Crippen LogP contribution < -0.4 is 0 Å². The molecule has 5 rings (SSSR count). The lowest BCUT2D eigenvalue weighted by Crippen LogP contribution is -2.15. The molecule has 1 fully saturated rings. The van der Waals surface area contributed by atoms with E-state index in [-0.39, 0.29) is 11.9 Å². The van der Waals surface area contributed by atoms with Crippen LogP contribution in [0.4, 0.5) is 13.2 Å². The van der Waals surface area contributed by atoms with Crippen LogP contribution in [-0.2, 0) is 20.3 Å².